The average Bonchev–Trinajstić information content (AvgIpc) is 3.08. The van der Waals surface area contributed by atoms with E-state index in [2.05, 4.69) is 15.2 Å². The van der Waals surface area contributed by atoms with Gasteiger partial charge in [-0.15, -0.1) is 10.2 Å². The molecule has 3 rings (SSSR count). The molecule has 0 aliphatic rings. The number of benzene rings is 1. The van der Waals surface area contributed by atoms with Crippen LogP contribution in [0.15, 0.2) is 47.1 Å². The summed E-state index contributed by atoms with van der Waals surface area (Å²) >= 11 is 0. The van der Waals surface area contributed by atoms with Gasteiger partial charge in [-0.2, -0.15) is 13.2 Å². The van der Waals surface area contributed by atoms with Crippen LogP contribution in [0.25, 0.3) is 22.9 Å². The van der Waals surface area contributed by atoms with E-state index in [4.69, 9.17) is 14.3 Å². The number of carboxylic acids is 1. The van der Waals surface area contributed by atoms with E-state index in [1.807, 2.05) is 0 Å². The van der Waals surface area contributed by atoms with Gasteiger partial charge in [-0.1, -0.05) is 6.07 Å². The molecule has 11 heteroatoms. The summed E-state index contributed by atoms with van der Waals surface area (Å²) in [4.78, 5) is 12.8. The molecule has 0 saturated heterocycles. The van der Waals surface area contributed by atoms with E-state index in [-0.39, 0.29) is 17.3 Å². The average molecular weight is 373 g/mol. The molecule has 2 aromatic heterocycles. The third-order valence-corrected chi connectivity index (χ3v) is 2.76. The number of carboxylic acid groups (broad SMARTS) is 1. The van der Waals surface area contributed by atoms with Crippen LogP contribution in [0.5, 0.6) is 0 Å². The number of nitrogens with zero attached hydrogens (tertiary/aromatic N) is 3. The van der Waals surface area contributed by atoms with Crippen LogP contribution in [0.2, 0.25) is 0 Å². The minimum Gasteiger partial charge on any atom is -0.475 e. The highest BCUT2D eigenvalue weighted by atomic mass is 19.4. The van der Waals surface area contributed by atoms with E-state index in [0.717, 1.165) is 6.07 Å². The van der Waals surface area contributed by atoms with Crippen molar-refractivity contribution in [3.8, 4) is 22.9 Å². The van der Waals surface area contributed by atoms with Gasteiger partial charge in [0.25, 0.3) is 5.89 Å². The summed E-state index contributed by atoms with van der Waals surface area (Å²) < 4.78 is 63.8. The molecule has 136 valence electrons. The zero-order valence-corrected chi connectivity index (χ0v) is 12.5. The number of hydrogen-bond donors (Lipinski definition) is 1. The number of halogens is 5. The van der Waals surface area contributed by atoms with Crippen LogP contribution in [0, 0.1) is 11.6 Å². The molecule has 2 heterocycles. The fraction of sp³-hybridized carbons (Fsp3) is 0.0667. The molecule has 0 amide bonds. The van der Waals surface area contributed by atoms with Crippen molar-refractivity contribution in [2.45, 2.75) is 6.18 Å². The Morgan fingerprint density at radius 2 is 1.69 bits per heavy atom. The molecule has 0 aliphatic heterocycles. The number of carbonyl (C=O) groups is 1. The first kappa shape index (κ1) is 19.0. The SMILES string of the molecule is Fc1cccc(-c2nnc(-c3cccnc3)o2)c1F.O=C(O)C(F)(F)F. The van der Waals surface area contributed by atoms with Crippen molar-refractivity contribution in [1.82, 2.24) is 15.2 Å². The predicted molar refractivity (Wildman–Crippen MR) is 76.6 cm³/mol. The Hall–Kier alpha value is -3.37. The van der Waals surface area contributed by atoms with E-state index in [9.17, 15) is 22.0 Å². The summed E-state index contributed by atoms with van der Waals surface area (Å²) in [6.07, 6.45) is -1.94. The molecule has 0 aliphatic carbocycles. The van der Waals surface area contributed by atoms with Crippen LogP contribution in [0.4, 0.5) is 22.0 Å². The lowest BCUT2D eigenvalue weighted by molar-refractivity contribution is -0.192. The van der Waals surface area contributed by atoms with Gasteiger partial charge in [0.05, 0.1) is 11.1 Å². The standard InChI is InChI=1S/C13H7F2N3O.C2HF3O2/c14-10-5-1-4-9(11(10)15)13-18-17-12(19-13)8-3-2-6-16-7-8;3-2(4,5)1(6)7/h1-7H;(H,6,7). The fourth-order valence-electron chi connectivity index (χ4n) is 1.61. The molecule has 0 radical (unpaired) electrons. The van der Waals surface area contributed by atoms with E-state index in [1.165, 1.54) is 12.1 Å². The topological polar surface area (TPSA) is 89.1 Å². The number of rotatable bonds is 2. The second-order valence-electron chi connectivity index (χ2n) is 4.56. The third-order valence-electron chi connectivity index (χ3n) is 2.76. The largest absolute Gasteiger partial charge is 0.490 e. The highest BCUT2D eigenvalue weighted by Gasteiger charge is 2.38. The van der Waals surface area contributed by atoms with Crippen molar-refractivity contribution in [2.24, 2.45) is 0 Å². The smallest absolute Gasteiger partial charge is 0.475 e. The molecular weight excluding hydrogens is 365 g/mol. The van der Waals surface area contributed by atoms with Gasteiger partial charge in [-0.3, -0.25) is 4.98 Å². The lowest BCUT2D eigenvalue weighted by atomic mass is 10.2. The Balaban J connectivity index is 0.000000298. The molecule has 0 fully saturated rings. The lowest BCUT2D eigenvalue weighted by Gasteiger charge is -1.97. The first-order chi connectivity index (χ1) is 12.2. The third kappa shape index (κ3) is 4.59. The molecular formula is C15H8F5N3O3. The monoisotopic (exact) mass is 373 g/mol. The van der Waals surface area contributed by atoms with Gasteiger partial charge in [0.15, 0.2) is 11.6 Å². The Morgan fingerprint density at radius 1 is 1.04 bits per heavy atom. The minimum atomic E-state index is -5.08. The maximum Gasteiger partial charge on any atom is 0.490 e. The van der Waals surface area contributed by atoms with Crippen molar-refractivity contribution < 1.29 is 36.3 Å². The molecule has 6 nitrogen and oxygen atoms in total. The molecule has 0 atom stereocenters. The second-order valence-corrected chi connectivity index (χ2v) is 4.56. The summed E-state index contributed by atoms with van der Waals surface area (Å²) in [5, 5.41) is 14.6. The molecule has 26 heavy (non-hydrogen) atoms. The highest BCUT2D eigenvalue weighted by molar-refractivity contribution is 5.73. The van der Waals surface area contributed by atoms with Crippen LogP contribution in [0.3, 0.4) is 0 Å². The van der Waals surface area contributed by atoms with Crippen molar-refractivity contribution in [2.75, 3.05) is 0 Å². The maximum absolute atomic E-state index is 13.6. The molecule has 0 bridgehead atoms. The Kier molecular flexibility index (Phi) is 5.60. The van der Waals surface area contributed by atoms with Gasteiger partial charge >= 0.3 is 12.1 Å². The number of pyridine rings is 1. The molecule has 1 N–H and O–H groups in total. The summed E-state index contributed by atoms with van der Waals surface area (Å²) in [6.45, 7) is 0. The van der Waals surface area contributed by atoms with Crippen LogP contribution in [-0.2, 0) is 4.79 Å². The van der Waals surface area contributed by atoms with Gasteiger partial charge in [0.1, 0.15) is 0 Å². The van der Waals surface area contributed by atoms with Crippen molar-refractivity contribution in [3.63, 3.8) is 0 Å². The van der Waals surface area contributed by atoms with E-state index < -0.39 is 23.8 Å². The van der Waals surface area contributed by atoms with Gasteiger partial charge < -0.3 is 9.52 Å². The zero-order valence-electron chi connectivity index (χ0n) is 12.5. The molecule has 0 spiro atoms. The van der Waals surface area contributed by atoms with Crippen molar-refractivity contribution in [3.05, 3.63) is 54.4 Å². The van der Waals surface area contributed by atoms with Crippen LogP contribution in [0.1, 0.15) is 0 Å². The molecule has 0 saturated carbocycles. The predicted octanol–water partition coefficient (Wildman–Crippen LogP) is 3.71. The molecule has 0 unspecified atom stereocenters. The first-order valence-electron chi connectivity index (χ1n) is 6.68. The summed E-state index contributed by atoms with van der Waals surface area (Å²) in [5.74, 6) is -4.60. The summed E-state index contributed by atoms with van der Waals surface area (Å²) in [6, 6.07) is 7.21. The molecule has 1 aromatic carbocycles. The zero-order chi connectivity index (χ0) is 19.3. The van der Waals surface area contributed by atoms with E-state index >= 15 is 0 Å². The highest BCUT2D eigenvalue weighted by Crippen LogP contribution is 2.26. The Labute approximate surface area is 141 Å². The summed E-state index contributed by atoms with van der Waals surface area (Å²) in [7, 11) is 0. The van der Waals surface area contributed by atoms with Gasteiger partial charge in [-0.05, 0) is 24.3 Å². The minimum absolute atomic E-state index is 0.0670. The van der Waals surface area contributed by atoms with E-state index in [0.29, 0.717) is 5.56 Å². The van der Waals surface area contributed by atoms with E-state index in [1.54, 1.807) is 24.5 Å². The van der Waals surface area contributed by atoms with Gasteiger partial charge in [0, 0.05) is 12.4 Å². The van der Waals surface area contributed by atoms with Gasteiger partial charge in [-0.25, -0.2) is 13.6 Å². The van der Waals surface area contributed by atoms with Crippen LogP contribution >= 0.6 is 0 Å². The van der Waals surface area contributed by atoms with Crippen LogP contribution in [-0.4, -0.2) is 32.4 Å². The number of alkyl halides is 3. The number of hydrogen-bond acceptors (Lipinski definition) is 5. The number of aromatic nitrogens is 3. The normalized spacial score (nSPS) is 10.8. The maximum atomic E-state index is 13.6. The fourth-order valence-corrected chi connectivity index (χ4v) is 1.61. The van der Waals surface area contributed by atoms with Crippen LogP contribution < -0.4 is 0 Å². The first-order valence-corrected chi connectivity index (χ1v) is 6.68. The second kappa shape index (κ2) is 7.68. The van der Waals surface area contributed by atoms with Gasteiger partial charge in [0.2, 0.25) is 5.89 Å². The van der Waals surface area contributed by atoms with Crippen molar-refractivity contribution >= 4 is 5.97 Å². The summed E-state index contributed by atoms with van der Waals surface area (Å²) in [5.41, 5.74) is 0.542. The Morgan fingerprint density at radius 3 is 2.27 bits per heavy atom. The molecule has 3 aromatic rings. The lowest BCUT2D eigenvalue weighted by Crippen LogP contribution is -2.21. The number of aliphatic carboxylic acids is 1. The van der Waals surface area contributed by atoms with Crippen molar-refractivity contribution in [1.29, 1.82) is 0 Å². The Bertz CT molecular complexity index is 897. The quantitative estimate of drug-likeness (QED) is 0.689.